The molecule has 0 radical (unpaired) electrons. The number of likely N-dealkylation sites (tertiary alicyclic amines) is 1. The number of carbonyl (C=O) groups excluding carboxylic acids is 1. The van der Waals surface area contributed by atoms with Crippen LogP contribution in [-0.2, 0) is 17.7 Å². The largest absolute Gasteiger partial charge is 0.450 e. The van der Waals surface area contributed by atoms with Crippen molar-refractivity contribution in [3.8, 4) is 0 Å². The van der Waals surface area contributed by atoms with Crippen LogP contribution in [0.1, 0.15) is 39.4 Å². The first-order valence-electron chi connectivity index (χ1n) is 10.0. The van der Waals surface area contributed by atoms with Crippen molar-refractivity contribution in [3.63, 3.8) is 0 Å². The van der Waals surface area contributed by atoms with Gasteiger partial charge in [0, 0.05) is 38.6 Å². The number of amides is 1. The summed E-state index contributed by atoms with van der Waals surface area (Å²) in [6.07, 6.45) is 4.10. The van der Waals surface area contributed by atoms with Gasteiger partial charge in [0.15, 0.2) is 5.96 Å². The van der Waals surface area contributed by atoms with E-state index in [2.05, 4.69) is 39.3 Å². The van der Waals surface area contributed by atoms with E-state index in [0.717, 1.165) is 43.2 Å². The van der Waals surface area contributed by atoms with Crippen LogP contribution in [-0.4, -0.2) is 70.5 Å². The molecule has 0 atom stereocenters. The highest BCUT2D eigenvalue weighted by molar-refractivity contribution is 5.80. The molecule has 0 aliphatic carbocycles. The fraction of sp³-hybridized carbons (Fsp3) is 0.684. The quantitative estimate of drug-likeness (QED) is 0.397. The van der Waals surface area contributed by atoms with Crippen LogP contribution in [0, 0.1) is 0 Å². The van der Waals surface area contributed by atoms with Crippen LogP contribution in [0.5, 0.6) is 0 Å². The van der Waals surface area contributed by atoms with Gasteiger partial charge in [-0.25, -0.2) is 9.79 Å². The van der Waals surface area contributed by atoms with Gasteiger partial charge in [-0.1, -0.05) is 19.1 Å². The lowest BCUT2D eigenvalue weighted by atomic mass is 10.1. The predicted molar refractivity (Wildman–Crippen MR) is 109 cm³/mol. The van der Waals surface area contributed by atoms with Gasteiger partial charge in [0.1, 0.15) is 12.2 Å². The molecule has 9 nitrogen and oxygen atoms in total. The van der Waals surface area contributed by atoms with Crippen LogP contribution in [0.25, 0.3) is 0 Å². The van der Waals surface area contributed by atoms with Crippen molar-refractivity contribution in [2.75, 3.05) is 32.8 Å². The van der Waals surface area contributed by atoms with Crippen molar-refractivity contribution in [3.05, 3.63) is 24.3 Å². The molecule has 28 heavy (non-hydrogen) atoms. The SMILES string of the molecule is C=C(C)CN=C(NCCn1cnnc1CC)NC1CCN(C(=O)OCC)CC1. The molecule has 0 spiro atoms. The van der Waals surface area contributed by atoms with E-state index in [9.17, 15) is 4.79 Å². The molecule has 2 heterocycles. The summed E-state index contributed by atoms with van der Waals surface area (Å²) in [5, 5.41) is 14.9. The Morgan fingerprint density at radius 2 is 2.14 bits per heavy atom. The Hall–Kier alpha value is -2.58. The van der Waals surface area contributed by atoms with E-state index >= 15 is 0 Å². The second-order valence-electron chi connectivity index (χ2n) is 6.95. The number of guanidine groups is 1. The Balaban J connectivity index is 1.85. The maximum atomic E-state index is 11.8. The Morgan fingerprint density at radius 1 is 1.39 bits per heavy atom. The molecule has 2 rings (SSSR count). The fourth-order valence-corrected chi connectivity index (χ4v) is 3.02. The van der Waals surface area contributed by atoms with Crippen LogP contribution in [0.3, 0.4) is 0 Å². The molecule has 1 aliphatic heterocycles. The third kappa shape index (κ3) is 6.86. The Bertz CT molecular complexity index is 663. The van der Waals surface area contributed by atoms with Crippen LogP contribution in [0.15, 0.2) is 23.5 Å². The molecule has 0 unspecified atom stereocenters. The number of rotatable bonds is 8. The van der Waals surface area contributed by atoms with E-state index in [0.29, 0.717) is 32.8 Å². The minimum Gasteiger partial charge on any atom is -0.450 e. The summed E-state index contributed by atoms with van der Waals surface area (Å²) < 4.78 is 7.12. The maximum Gasteiger partial charge on any atom is 0.409 e. The first-order valence-corrected chi connectivity index (χ1v) is 10.0. The van der Waals surface area contributed by atoms with E-state index in [-0.39, 0.29) is 12.1 Å². The average molecular weight is 392 g/mol. The fourth-order valence-electron chi connectivity index (χ4n) is 3.02. The maximum absolute atomic E-state index is 11.8. The molecule has 0 bridgehead atoms. The minimum absolute atomic E-state index is 0.226. The standard InChI is InChI=1S/C19H33N7O2/c1-5-17-24-22-14-26(17)12-9-20-18(21-13-15(3)4)23-16-7-10-25(11-8-16)19(27)28-6-2/h14,16H,3,5-13H2,1-2,4H3,(H2,20,21,23). The molecule has 1 aromatic rings. The molecule has 0 saturated carbocycles. The van der Waals surface area contributed by atoms with E-state index in [1.54, 1.807) is 11.2 Å². The number of nitrogens with zero attached hydrogens (tertiary/aromatic N) is 5. The molecule has 2 N–H and O–H groups in total. The summed E-state index contributed by atoms with van der Waals surface area (Å²) in [5.74, 6) is 1.74. The van der Waals surface area contributed by atoms with E-state index in [4.69, 9.17) is 4.74 Å². The normalized spacial score (nSPS) is 15.4. The van der Waals surface area contributed by atoms with Gasteiger partial charge in [-0.2, -0.15) is 0 Å². The number of nitrogens with one attached hydrogen (secondary N) is 2. The monoisotopic (exact) mass is 391 g/mol. The Labute approximate surface area is 167 Å². The summed E-state index contributed by atoms with van der Waals surface area (Å²) in [7, 11) is 0. The lowest BCUT2D eigenvalue weighted by Crippen LogP contribution is -2.50. The van der Waals surface area contributed by atoms with E-state index in [1.165, 1.54) is 0 Å². The number of carbonyl (C=O) groups is 1. The van der Waals surface area contributed by atoms with Gasteiger partial charge in [0.05, 0.1) is 13.2 Å². The van der Waals surface area contributed by atoms with Gasteiger partial charge in [-0.3, -0.25) is 0 Å². The zero-order chi connectivity index (χ0) is 20.4. The Morgan fingerprint density at radius 3 is 2.79 bits per heavy atom. The average Bonchev–Trinajstić information content (AvgIpc) is 3.14. The summed E-state index contributed by atoms with van der Waals surface area (Å²) in [6.45, 7) is 13.6. The second kappa shape index (κ2) is 11.3. The molecule has 1 fully saturated rings. The van der Waals surface area contributed by atoms with Crippen molar-refractivity contribution in [2.24, 2.45) is 4.99 Å². The van der Waals surface area contributed by atoms with Crippen molar-refractivity contribution < 1.29 is 9.53 Å². The number of ether oxygens (including phenoxy) is 1. The Kier molecular flexibility index (Phi) is 8.77. The highest BCUT2D eigenvalue weighted by Gasteiger charge is 2.24. The summed E-state index contributed by atoms with van der Waals surface area (Å²) >= 11 is 0. The molecule has 1 amide bonds. The topological polar surface area (TPSA) is 96.7 Å². The first-order chi connectivity index (χ1) is 13.5. The van der Waals surface area contributed by atoms with Crippen molar-refractivity contribution in [2.45, 2.75) is 52.6 Å². The number of hydrogen-bond donors (Lipinski definition) is 2. The third-order valence-electron chi connectivity index (χ3n) is 4.53. The molecule has 9 heteroatoms. The summed E-state index contributed by atoms with van der Waals surface area (Å²) in [6, 6.07) is 0.267. The molecule has 156 valence electrons. The molecular weight excluding hydrogens is 358 g/mol. The lowest BCUT2D eigenvalue weighted by Gasteiger charge is -2.32. The number of piperidine rings is 1. The van der Waals surface area contributed by atoms with Crippen LogP contribution < -0.4 is 10.6 Å². The second-order valence-corrected chi connectivity index (χ2v) is 6.95. The molecule has 1 aromatic heterocycles. The van der Waals surface area contributed by atoms with Gasteiger partial charge in [0.2, 0.25) is 0 Å². The lowest BCUT2D eigenvalue weighted by molar-refractivity contribution is 0.0963. The van der Waals surface area contributed by atoms with Crippen LogP contribution >= 0.6 is 0 Å². The smallest absolute Gasteiger partial charge is 0.409 e. The number of aromatic nitrogens is 3. The molecule has 0 aromatic carbocycles. The minimum atomic E-state index is -0.226. The van der Waals surface area contributed by atoms with Gasteiger partial charge < -0.3 is 24.8 Å². The van der Waals surface area contributed by atoms with Crippen molar-refractivity contribution in [1.29, 1.82) is 0 Å². The van der Waals surface area contributed by atoms with Crippen LogP contribution in [0.4, 0.5) is 4.79 Å². The highest BCUT2D eigenvalue weighted by atomic mass is 16.6. The molecular formula is C19H33N7O2. The predicted octanol–water partition coefficient (Wildman–Crippen LogP) is 1.57. The zero-order valence-electron chi connectivity index (χ0n) is 17.3. The number of aliphatic imine (C=N–C) groups is 1. The third-order valence-corrected chi connectivity index (χ3v) is 4.53. The van der Waals surface area contributed by atoms with E-state index in [1.807, 2.05) is 18.4 Å². The van der Waals surface area contributed by atoms with Gasteiger partial charge in [-0.05, 0) is 26.7 Å². The van der Waals surface area contributed by atoms with Crippen LogP contribution in [0.2, 0.25) is 0 Å². The molecule has 1 saturated heterocycles. The van der Waals surface area contributed by atoms with Gasteiger partial charge in [0.25, 0.3) is 0 Å². The molecule has 1 aliphatic rings. The highest BCUT2D eigenvalue weighted by Crippen LogP contribution is 2.11. The van der Waals surface area contributed by atoms with Gasteiger partial charge >= 0.3 is 6.09 Å². The zero-order valence-corrected chi connectivity index (χ0v) is 17.3. The number of hydrogen-bond acceptors (Lipinski definition) is 5. The van der Waals surface area contributed by atoms with Crippen molar-refractivity contribution >= 4 is 12.1 Å². The number of aryl methyl sites for hydroxylation is 1. The van der Waals surface area contributed by atoms with E-state index < -0.39 is 0 Å². The first kappa shape index (κ1) is 21.7. The van der Waals surface area contributed by atoms with Crippen molar-refractivity contribution in [1.82, 2.24) is 30.3 Å². The summed E-state index contributed by atoms with van der Waals surface area (Å²) in [5.41, 5.74) is 1.00. The van der Waals surface area contributed by atoms with Gasteiger partial charge in [-0.15, -0.1) is 10.2 Å². The summed E-state index contributed by atoms with van der Waals surface area (Å²) in [4.78, 5) is 18.2.